The molecule has 0 spiro atoms. The molecule has 4 heteroatoms. The lowest BCUT2D eigenvalue weighted by molar-refractivity contribution is 0.0585. The van der Waals surface area contributed by atoms with Gasteiger partial charge >= 0.3 is 0 Å². The van der Waals surface area contributed by atoms with Gasteiger partial charge in [0.15, 0.2) is 11.6 Å². The Kier molecular flexibility index (Phi) is 9.48. The molecule has 4 nitrogen and oxygen atoms in total. The average Bonchev–Trinajstić information content (AvgIpc) is 2.61. The molecule has 0 unspecified atom stereocenters. The second-order valence-electron chi connectivity index (χ2n) is 6.37. The zero-order valence-electron chi connectivity index (χ0n) is 16.2. The summed E-state index contributed by atoms with van der Waals surface area (Å²) in [5.41, 5.74) is 3.74. The van der Waals surface area contributed by atoms with Crippen molar-refractivity contribution in [1.29, 1.82) is 0 Å². The van der Waals surface area contributed by atoms with E-state index in [0.717, 1.165) is 16.7 Å². The van der Waals surface area contributed by atoms with E-state index >= 15 is 0 Å². The van der Waals surface area contributed by atoms with E-state index in [0.29, 0.717) is 5.56 Å². The number of carbonyl (C=O) groups excluding carboxylic acids is 2. The van der Waals surface area contributed by atoms with Crippen molar-refractivity contribution in [2.24, 2.45) is 0 Å². The molecule has 0 amide bonds. The third kappa shape index (κ3) is 8.19. The standard InChI is InChI=1S/C12H16O2.C10H12O2/c1-9(2)14-8-12(13)11-6-4-10(3)5-7-11;1-8-3-5-9(6-4-8)10(11)7-12-2/h4-7,9H,8H2,1-3H3;3-6H,7H2,1-2H3. The maximum absolute atomic E-state index is 11.5. The Balaban J connectivity index is 0.000000263. The molecule has 0 N–H and O–H groups in total. The molecule has 0 aliphatic heterocycles. The van der Waals surface area contributed by atoms with Gasteiger partial charge in [0.05, 0.1) is 6.10 Å². The fourth-order valence-corrected chi connectivity index (χ4v) is 2.02. The highest BCUT2D eigenvalue weighted by Gasteiger charge is 2.06. The third-order valence-electron chi connectivity index (χ3n) is 3.57. The van der Waals surface area contributed by atoms with Crippen molar-refractivity contribution in [3.63, 3.8) is 0 Å². The van der Waals surface area contributed by atoms with Gasteiger partial charge in [-0.1, -0.05) is 59.7 Å². The van der Waals surface area contributed by atoms with E-state index in [1.165, 1.54) is 7.11 Å². The molecule has 2 rings (SSSR count). The van der Waals surface area contributed by atoms with E-state index in [4.69, 9.17) is 9.47 Å². The summed E-state index contributed by atoms with van der Waals surface area (Å²) in [5.74, 6) is 0.0659. The summed E-state index contributed by atoms with van der Waals surface area (Å²) < 4.78 is 9.98. The summed E-state index contributed by atoms with van der Waals surface area (Å²) in [6.45, 7) is 8.15. The topological polar surface area (TPSA) is 52.6 Å². The van der Waals surface area contributed by atoms with Crippen LogP contribution in [0, 0.1) is 13.8 Å². The summed E-state index contributed by atoms with van der Waals surface area (Å²) in [6.07, 6.45) is 0.101. The van der Waals surface area contributed by atoms with Crippen molar-refractivity contribution in [2.45, 2.75) is 33.8 Å². The van der Waals surface area contributed by atoms with E-state index in [-0.39, 0.29) is 30.9 Å². The molecular weight excluding hydrogens is 328 g/mol. The monoisotopic (exact) mass is 356 g/mol. The van der Waals surface area contributed by atoms with Crippen LogP contribution < -0.4 is 0 Å². The predicted octanol–water partition coefficient (Wildman–Crippen LogP) is 4.43. The Labute approximate surface area is 156 Å². The Hall–Kier alpha value is -2.30. The fourth-order valence-electron chi connectivity index (χ4n) is 2.02. The number of hydrogen-bond acceptors (Lipinski definition) is 4. The summed E-state index contributed by atoms with van der Waals surface area (Å²) in [5, 5.41) is 0. The largest absolute Gasteiger partial charge is 0.377 e. The van der Waals surface area contributed by atoms with Gasteiger partial charge < -0.3 is 9.47 Å². The second-order valence-corrected chi connectivity index (χ2v) is 6.37. The van der Waals surface area contributed by atoms with E-state index in [2.05, 4.69) is 0 Å². The highest BCUT2D eigenvalue weighted by Crippen LogP contribution is 2.05. The van der Waals surface area contributed by atoms with Crippen molar-refractivity contribution >= 4 is 11.6 Å². The molecule has 0 atom stereocenters. The van der Waals surface area contributed by atoms with Gasteiger partial charge in [-0.15, -0.1) is 0 Å². The van der Waals surface area contributed by atoms with Crippen LogP contribution in [0.3, 0.4) is 0 Å². The first-order valence-electron chi connectivity index (χ1n) is 8.63. The second kappa shape index (κ2) is 11.3. The lowest BCUT2D eigenvalue weighted by atomic mass is 10.1. The Morgan fingerprint density at radius 3 is 1.50 bits per heavy atom. The van der Waals surface area contributed by atoms with E-state index < -0.39 is 0 Å². The van der Waals surface area contributed by atoms with Crippen LogP contribution in [-0.4, -0.2) is 38.0 Å². The molecule has 0 saturated heterocycles. The van der Waals surface area contributed by atoms with Crippen LogP contribution in [0.4, 0.5) is 0 Å². The molecule has 26 heavy (non-hydrogen) atoms. The number of ether oxygens (including phenoxy) is 2. The number of ketones is 2. The first-order chi connectivity index (χ1) is 12.3. The molecule has 0 saturated carbocycles. The summed E-state index contributed by atoms with van der Waals surface area (Å²) in [7, 11) is 1.52. The number of methoxy groups -OCH3 is 1. The predicted molar refractivity (Wildman–Crippen MR) is 104 cm³/mol. The highest BCUT2D eigenvalue weighted by atomic mass is 16.5. The van der Waals surface area contributed by atoms with Gasteiger partial charge in [0.1, 0.15) is 13.2 Å². The first-order valence-corrected chi connectivity index (χ1v) is 8.63. The normalized spacial score (nSPS) is 10.2. The zero-order chi connectivity index (χ0) is 19.5. The van der Waals surface area contributed by atoms with Gasteiger partial charge in [0, 0.05) is 18.2 Å². The minimum atomic E-state index is 0.0255. The van der Waals surface area contributed by atoms with Crippen molar-refractivity contribution in [3.05, 3.63) is 70.8 Å². The Morgan fingerprint density at radius 1 is 0.769 bits per heavy atom. The van der Waals surface area contributed by atoms with Crippen LogP contribution in [0.2, 0.25) is 0 Å². The minimum absolute atomic E-state index is 0.0255. The smallest absolute Gasteiger partial charge is 0.188 e. The van der Waals surface area contributed by atoms with Gasteiger partial charge in [-0.3, -0.25) is 9.59 Å². The van der Waals surface area contributed by atoms with E-state index in [1.54, 1.807) is 0 Å². The van der Waals surface area contributed by atoms with Crippen molar-refractivity contribution < 1.29 is 19.1 Å². The fraction of sp³-hybridized carbons (Fsp3) is 0.364. The molecule has 2 aromatic rings. The molecule has 0 bridgehead atoms. The molecule has 140 valence electrons. The quantitative estimate of drug-likeness (QED) is 0.689. The van der Waals surface area contributed by atoms with Crippen molar-refractivity contribution in [2.75, 3.05) is 20.3 Å². The maximum Gasteiger partial charge on any atom is 0.188 e. The first kappa shape index (κ1) is 21.7. The maximum atomic E-state index is 11.5. The van der Waals surface area contributed by atoms with Crippen LogP contribution in [0.15, 0.2) is 48.5 Å². The number of carbonyl (C=O) groups is 2. The van der Waals surface area contributed by atoms with Crippen LogP contribution in [0.5, 0.6) is 0 Å². The number of benzene rings is 2. The molecule has 0 heterocycles. The molecule has 0 aliphatic rings. The van der Waals surface area contributed by atoms with Crippen molar-refractivity contribution in [3.8, 4) is 0 Å². The molecule has 0 aromatic heterocycles. The van der Waals surface area contributed by atoms with Crippen LogP contribution in [0.1, 0.15) is 45.7 Å². The SMILES string of the molecule is COCC(=O)c1ccc(C)cc1.Cc1ccc(C(=O)COC(C)C)cc1. The molecule has 0 radical (unpaired) electrons. The number of aryl methyl sites for hydroxylation is 2. The molecule has 2 aromatic carbocycles. The zero-order valence-corrected chi connectivity index (χ0v) is 16.2. The lowest BCUT2D eigenvalue weighted by Gasteiger charge is -2.06. The minimum Gasteiger partial charge on any atom is -0.377 e. The van der Waals surface area contributed by atoms with Gasteiger partial charge in [-0.2, -0.15) is 0 Å². The summed E-state index contributed by atoms with van der Waals surface area (Å²) in [4.78, 5) is 22.8. The third-order valence-corrected chi connectivity index (χ3v) is 3.57. The van der Waals surface area contributed by atoms with E-state index in [1.807, 2.05) is 76.2 Å². The Bertz CT molecular complexity index is 685. The molecular formula is C22H28O4. The highest BCUT2D eigenvalue weighted by molar-refractivity contribution is 5.97. The van der Waals surface area contributed by atoms with Gasteiger partial charge in [-0.25, -0.2) is 0 Å². The van der Waals surface area contributed by atoms with Crippen molar-refractivity contribution in [1.82, 2.24) is 0 Å². The number of Topliss-reactive ketones (excluding diaryl/α,β-unsaturated/α-hetero) is 2. The number of rotatable bonds is 7. The molecule has 0 fully saturated rings. The van der Waals surface area contributed by atoms with E-state index in [9.17, 15) is 9.59 Å². The van der Waals surface area contributed by atoms with Gasteiger partial charge in [-0.05, 0) is 27.7 Å². The van der Waals surface area contributed by atoms with Gasteiger partial charge in [0.2, 0.25) is 0 Å². The van der Waals surface area contributed by atoms with Gasteiger partial charge in [0.25, 0.3) is 0 Å². The summed E-state index contributed by atoms with van der Waals surface area (Å²) in [6, 6.07) is 15.0. The number of hydrogen-bond donors (Lipinski definition) is 0. The Morgan fingerprint density at radius 2 is 1.15 bits per heavy atom. The van der Waals surface area contributed by atoms with Crippen LogP contribution in [-0.2, 0) is 9.47 Å². The van der Waals surface area contributed by atoms with Crippen LogP contribution >= 0.6 is 0 Å². The summed E-state index contributed by atoms with van der Waals surface area (Å²) >= 11 is 0. The average molecular weight is 356 g/mol. The molecule has 0 aliphatic carbocycles. The lowest BCUT2D eigenvalue weighted by Crippen LogP contribution is -2.13. The van der Waals surface area contributed by atoms with Crippen LogP contribution in [0.25, 0.3) is 0 Å².